The fourth-order valence-corrected chi connectivity index (χ4v) is 8.86. The molecule has 0 spiro atoms. The highest BCUT2D eigenvalue weighted by molar-refractivity contribution is 5.94. The van der Waals surface area contributed by atoms with Gasteiger partial charge in [-0.25, -0.2) is 28.8 Å². The van der Waals surface area contributed by atoms with Gasteiger partial charge in [-0.15, -0.1) is 0 Å². The van der Waals surface area contributed by atoms with Gasteiger partial charge in [-0.3, -0.25) is 0 Å². The van der Waals surface area contributed by atoms with E-state index in [1.807, 2.05) is 60.6 Å². The van der Waals surface area contributed by atoms with Gasteiger partial charge in [-0.2, -0.15) is 0 Å². The lowest BCUT2D eigenvalue weighted by atomic mass is 9.86. The van der Waals surface area contributed by atoms with Crippen LogP contribution < -0.4 is 33.2 Å². The summed E-state index contributed by atoms with van der Waals surface area (Å²) in [7, 11) is 1.71. The quantitative estimate of drug-likeness (QED) is 0.0160. The number of ether oxygens (including phenoxy) is 10. The Bertz CT molecular complexity index is 3350. The minimum Gasteiger partial charge on any atom is -0.494 e. The number of unbranched alkanes of at least 4 members (excludes halogenated alkanes) is 9. The summed E-state index contributed by atoms with van der Waals surface area (Å²) in [6.45, 7) is 27.6. The van der Waals surface area contributed by atoms with Crippen LogP contribution in [0.15, 0.2) is 158 Å². The van der Waals surface area contributed by atoms with Crippen molar-refractivity contribution in [2.24, 2.45) is 0 Å². The summed E-state index contributed by atoms with van der Waals surface area (Å²) in [4.78, 5) is 74.3. The highest BCUT2D eigenvalue weighted by Gasteiger charge is 2.25. The molecular weight excluding hydrogens is 1170 g/mol. The first-order valence-electron chi connectivity index (χ1n) is 31.5. The predicted molar refractivity (Wildman–Crippen MR) is 356 cm³/mol. The molecule has 492 valence electrons. The second-order valence-corrected chi connectivity index (χ2v) is 24.4. The van der Waals surface area contributed by atoms with Crippen LogP contribution >= 0.6 is 0 Å². The van der Waals surface area contributed by atoms with Gasteiger partial charge in [0.25, 0.3) is 0 Å². The van der Waals surface area contributed by atoms with Gasteiger partial charge >= 0.3 is 35.8 Å². The Balaban J connectivity index is 0.000000339. The standard InChI is InChI=1S/C41H52O9.C35H40O7/c1-30(2)38(42)48-28-14-10-9-13-27-47-33-19-15-31(16-20-33)39(43)49-35-23-24-37(36(29-35)41(3,4)5)50-40(44)32-17-21-34(22-18-32)46-26-12-8-7-11-25-45-6;1-24(2)32(36)40-22-10-8-7-9-21-39-28-17-15-27(16-18-28)33(37)41-29-19-20-31(30(23-29)35(4,5)6)42-34(38)26-13-11-25(3)12-14-26/h15-24,29H,1,7-14,25-28H2,2-6H3;11-20,23H,1,7-10,21-22H2,2-6H3. The largest absolute Gasteiger partial charge is 0.494 e. The zero-order valence-corrected chi connectivity index (χ0v) is 55.4. The van der Waals surface area contributed by atoms with E-state index in [0.717, 1.165) is 100 Å². The Hall–Kier alpha value is -9.02. The lowest BCUT2D eigenvalue weighted by Gasteiger charge is -2.23. The molecule has 0 fully saturated rings. The fraction of sp³-hybridized carbons (Fsp3) is 0.395. The molecule has 0 N–H and O–H groups in total. The molecule has 0 aliphatic carbocycles. The lowest BCUT2D eigenvalue weighted by Crippen LogP contribution is -2.17. The van der Waals surface area contributed by atoms with Crippen molar-refractivity contribution < 1.29 is 76.1 Å². The highest BCUT2D eigenvalue weighted by Crippen LogP contribution is 2.37. The van der Waals surface area contributed by atoms with Crippen molar-refractivity contribution in [2.75, 3.05) is 46.8 Å². The van der Waals surface area contributed by atoms with E-state index in [0.29, 0.717) is 107 Å². The van der Waals surface area contributed by atoms with Crippen LogP contribution in [-0.2, 0) is 34.6 Å². The molecule has 0 aliphatic rings. The van der Waals surface area contributed by atoms with Crippen molar-refractivity contribution in [1.29, 1.82) is 0 Å². The number of aryl methyl sites for hydroxylation is 1. The summed E-state index contributed by atoms with van der Waals surface area (Å²) in [5.74, 6) is 0.867. The van der Waals surface area contributed by atoms with E-state index in [1.165, 1.54) is 0 Å². The molecule has 0 aromatic heterocycles. The maximum Gasteiger partial charge on any atom is 0.343 e. The molecule has 16 heteroatoms. The molecule has 6 aromatic carbocycles. The van der Waals surface area contributed by atoms with Crippen LogP contribution in [-0.4, -0.2) is 82.6 Å². The van der Waals surface area contributed by atoms with Gasteiger partial charge in [0, 0.05) is 36.0 Å². The Kier molecular flexibility index (Phi) is 30.4. The molecule has 0 aliphatic heterocycles. The number of benzene rings is 6. The van der Waals surface area contributed by atoms with E-state index < -0.39 is 29.3 Å². The van der Waals surface area contributed by atoms with Crippen LogP contribution in [0.5, 0.6) is 40.2 Å². The lowest BCUT2D eigenvalue weighted by molar-refractivity contribution is -0.139. The summed E-state index contributed by atoms with van der Waals surface area (Å²) in [6, 6.07) is 37.7. The van der Waals surface area contributed by atoms with Gasteiger partial charge in [0.2, 0.25) is 0 Å². The Morgan fingerprint density at radius 3 is 0.913 bits per heavy atom. The van der Waals surface area contributed by atoms with E-state index in [-0.39, 0.29) is 17.4 Å². The van der Waals surface area contributed by atoms with Crippen LogP contribution in [0.25, 0.3) is 0 Å². The monoisotopic (exact) mass is 1260 g/mol. The van der Waals surface area contributed by atoms with Gasteiger partial charge < -0.3 is 47.4 Å². The molecule has 92 heavy (non-hydrogen) atoms. The highest BCUT2D eigenvalue weighted by atomic mass is 16.6. The summed E-state index contributed by atoms with van der Waals surface area (Å²) < 4.78 is 55.5. The third-order valence-corrected chi connectivity index (χ3v) is 14.2. The van der Waals surface area contributed by atoms with Gasteiger partial charge in [0.15, 0.2) is 0 Å². The number of methoxy groups -OCH3 is 1. The SMILES string of the molecule is C=C(C)C(=O)OCCCCCCOc1ccc(C(=O)Oc2ccc(OC(=O)c3ccc(C)cc3)c(C(C)(C)C)c2)cc1.C=C(C)C(=O)OCCCCCCOc1ccc(C(=O)Oc2ccc(OC(=O)c3ccc(OCCCCCCOC)cc3)c(C(C)(C)C)c2)cc1. The van der Waals surface area contributed by atoms with Gasteiger partial charge in [0.05, 0.1) is 55.3 Å². The Morgan fingerprint density at radius 2 is 0.620 bits per heavy atom. The third-order valence-electron chi connectivity index (χ3n) is 14.2. The van der Waals surface area contributed by atoms with E-state index in [9.17, 15) is 28.8 Å². The van der Waals surface area contributed by atoms with Crippen LogP contribution in [0.4, 0.5) is 0 Å². The van der Waals surface area contributed by atoms with Crippen LogP contribution in [0, 0.1) is 6.92 Å². The van der Waals surface area contributed by atoms with E-state index in [2.05, 4.69) is 13.2 Å². The Morgan fingerprint density at radius 1 is 0.348 bits per heavy atom. The molecule has 0 bridgehead atoms. The average Bonchev–Trinajstić information content (AvgIpc) is 0.835. The van der Waals surface area contributed by atoms with Crippen LogP contribution in [0.1, 0.15) is 191 Å². The van der Waals surface area contributed by atoms with E-state index >= 15 is 0 Å². The van der Waals surface area contributed by atoms with E-state index in [1.54, 1.807) is 142 Å². The van der Waals surface area contributed by atoms with Gasteiger partial charge in [0.1, 0.15) is 40.2 Å². The van der Waals surface area contributed by atoms with Crippen molar-refractivity contribution >= 4 is 35.8 Å². The molecule has 0 heterocycles. The molecule has 0 saturated heterocycles. The first-order chi connectivity index (χ1) is 43.9. The molecular formula is C76H92O16. The summed E-state index contributed by atoms with van der Waals surface area (Å²) in [6.07, 6.45) is 11.3. The normalized spacial score (nSPS) is 11.0. The summed E-state index contributed by atoms with van der Waals surface area (Å²) in [5.41, 5.74) is 4.18. The van der Waals surface area contributed by atoms with Crippen molar-refractivity contribution in [2.45, 2.75) is 150 Å². The maximum absolute atomic E-state index is 13.1. The summed E-state index contributed by atoms with van der Waals surface area (Å²) in [5, 5.41) is 0. The van der Waals surface area contributed by atoms with Gasteiger partial charge in [-0.1, -0.05) is 78.8 Å². The summed E-state index contributed by atoms with van der Waals surface area (Å²) >= 11 is 0. The number of carbonyl (C=O) groups excluding carboxylic acids is 6. The average molecular weight is 1260 g/mol. The second kappa shape index (κ2) is 38.0. The Labute approximate surface area is 543 Å². The molecule has 16 nitrogen and oxygen atoms in total. The van der Waals surface area contributed by atoms with Crippen molar-refractivity contribution in [3.63, 3.8) is 0 Å². The molecule has 6 rings (SSSR count). The molecule has 0 saturated carbocycles. The number of carbonyl (C=O) groups is 6. The molecule has 0 amide bonds. The van der Waals surface area contributed by atoms with Crippen molar-refractivity contribution in [3.8, 4) is 40.2 Å². The first kappa shape index (κ1) is 73.7. The smallest absolute Gasteiger partial charge is 0.343 e. The molecule has 0 unspecified atom stereocenters. The maximum atomic E-state index is 13.1. The zero-order valence-electron chi connectivity index (χ0n) is 55.4. The number of rotatable bonds is 34. The molecule has 6 aromatic rings. The predicted octanol–water partition coefficient (Wildman–Crippen LogP) is 16.9. The van der Waals surface area contributed by atoms with Crippen LogP contribution in [0.3, 0.4) is 0 Å². The van der Waals surface area contributed by atoms with Crippen molar-refractivity contribution in [3.05, 3.63) is 197 Å². The van der Waals surface area contributed by atoms with Crippen LogP contribution in [0.2, 0.25) is 0 Å². The fourth-order valence-electron chi connectivity index (χ4n) is 8.86. The minimum atomic E-state index is -0.512. The van der Waals surface area contributed by atoms with Gasteiger partial charge in [-0.05, 0) is 224 Å². The second-order valence-electron chi connectivity index (χ2n) is 24.4. The topological polar surface area (TPSA) is 195 Å². The molecule has 0 atom stereocenters. The number of esters is 6. The zero-order chi connectivity index (χ0) is 67.1. The van der Waals surface area contributed by atoms with E-state index in [4.69, 9.17) is 47.4 Å². The molecule has 0 radical (unpaired) electrons. The first-order valence-corrected chi connectivity index (χ1v) is 31.5. The third kappa shape index (κ3) is 26.4. The number of hydrogen-bond acceptors (Lipinski definition) is 16. The number of hydrogen-bond donors (Lipinski definition) is 0. The minimum absolute atomic E-state index is 0.342. The van der Waals surface area contributed by atoms with Crippen molar-refractivity contribution in [1.82, 2.24) is 0 Å².